The second kappa shape index (κ2) is 7.18. The molecule has 112 valence electrons. The molecule has 1 unspecified atom stereocenters. The number of hydrogen-bond donors (Lipinski definition) is 1. The minimum Gasteiger partial charge on any atom is -0.496 e. The van der Waals surface area contributed by atoms with E-state index < -0.39 is 0 Å². The fraction of sp³-hybridized carbons (Fsp3) is 0.412. The van der Waals surface area contributed by atoms with Gasteiger partial charge in [-0.05, 0) is 49.6 Å². The quantitative estimate of drug-likeness (QED) is 0.885. The molecule has 0 amide bonds. The summed E-state index contributed by atoms with van der Waals surface area (Å²) in [6.07, 6.45) is 6.34. The van der Waals surface area contributed by atoms with Crippen molar-refractivity contribution in [1.29, 1.82) is 0 Å². The van der Waals surface area contributed by atoms with Gasteiger partial charge in [-0.2, -0.15) is 0 Å². The van der Waals surface area contributed by atoms with Crippen LogP contribution in [-0.2, 0) is 0 Å². The van der Waals surface area contributed by atoms with Gasteiger partial charge in [0.05, 0.1) is 25.0 Å². The Morgan fingerprint density at radius 1 is 1.19 bits per heavy atom. The van der Waals surface area contributed by atoms with Crippen LogP contribution in [0.25, 0.3) is 0 Å². The number of benzene rings is 1. The Balaban J connectivity index is 2.44. The number of methoxy groups -OCH3 is 1. The third-order valence-electron chi connectivity index (χ3n) is 3.57. The molecule has 0 aliphatic heterocycles. The van der Waals surface area contributed by atoms with Crippen molar-refractivity contribution >= 4 is 0 Å². The molecule has 1 aromatic heterocycles. The number of nitrogens with zero attached hydrogens (tertiary/aromatic N) is 2. The first-order chi connectivity index (χ1) is 10.2. The average Bonchev–Trinajstić information content (AvgIpc) is 2.51. The average molecular weight is 285 g/mol. The molecule has 1 N–H and O–H groups in total. The molecule has 1 aromatic carbocycles. The molecule has 4 nitrogen and oxygen atoms in total. The highest BCUT2D eigenvalue weighted by Gasteiger charge is 2.18. The van der Waals surface area contributed by atoms with E-state index in [-0.39, 0.29) is 6.04 Å². The highest BCUT2D eigenvalue weighted by Crippen LogP contribution is 2.29. The maximum absolute atomic E-state index is 5.40. The van der Waals surface area contributed by atoms with Gasteiger partial charge in [-0.25, -0.2) is 0 Å². The van der Waals surface area contributed by atoms with E-state index in [4.69, 9.17) is 4.74 Å². The van der Waals surface area contributed by atoms with Crippen molar-refractivity contribution in [3.05, 3.63) is 53.1 Å². The lowest BCUT2D eigenvalue weighted by molar-refractivity contribution is 0.411. The van der Waals surface area contributed by atoms with Crippen LogP contribution in [-0.4, -0.2) is 23.6 Å². The lowest BCUT2D eigenvalue weighted by atomic mass is 9.96. The fourth-order valence-electron chi connectivity index (χ4n) is 2.47. The number of nitrogens with one attached hydrogen (secondary N) is 1. The van der Waals surface area contributed by atoms with Crippen LogP contribution < -0.4 is 10.1 Å². The molecule has 0 bridgehead atoms. The van der Waals surface area contributed by atoms with Crippen LogP contribution >= 0.6 is 0 Å². The Labute approximate surface area is 126 Å². The van der Waals surface area contributed by atoms with Gasteiger partial charge >= 0.3 is 0 Å². The zero-order chi connectivity index (χ0) is 15.2. The van der Waals surface area contributed by atoms with Crippen LogP contribution in [0.3, 0.4) is 0 Å². The number of aromatic nitrogens is 2. The second-order valence-electron chi connectivity index (χ2n) is 5.20. The van der Waals surface area contributed by atoms with Gasteiger partial charge in [0.25, 0.3) is 0 Å². The van der Waals surface area contributed by atoms with Crippen LogP contribution in [0.2, 0.25) is 0 Å². The van der Waals surface area contributed by atoms with Gasteiger partial charge < -0.3 is 10.1 Å². The maximum atomic E-state index is 5.40. The van der Waals surface area contributed by atoms with Crippen LogP contribution in [0, 0.1) is 13.8 Å². The zero-order valence-corrected chi connectivity index (χ0v) is 13.2. The SMILES string of the molecule is CCCNC(c1cnccn1)c1cc(C)c(OC)cc1C. The number of rotatable bonds is 6. The Bertz CT molecular complexity index is 584. The molecule has 1 atom stereocenters. The Morgan fingerprint density at radius 2 is 2.00 bits per heavy atom. The van der Waals surface area contributed by atoms with E-state index in [0.717, 1.165) is 30.0 Å². The van der Waals surface area contributed by atoms with Gasteiger partial charge in [-0.15, -0.1) is 0 Å². The highest BCUT2D eigenvalue weighted by molar-refractivity contribution is 5.44. The van der Waals surface area contributed by atoms with Gasteiger partial charge in [-0.3, -0.25) is 9.97 Å². The molecule has 0 fully saturated rings. The first kappa shape index (κ1) is 15.4. The fourth-order valence-corrected chi connectivity index (χ4v) is 2.47. The third kappa shape index (κ3) is 3.58. The maximum Gasteiger partial charge on any atom is 0.122 e. The Kier molecular flexibility index (Phi) is 5.28. The van der Waals surface area contributed by atoms with Crippen molar-refractivity contribution in [3.63, 3.8) is 0 Å². The Morgan fingerprint density at radius 3 is 2.62 bits per heavy atom. The van der Waals surface area contributed by atoms with E-state index in [2.05, 4.69) is 48.2 Å². The molecule has 0 aliphatic rings. The van der Waals surface area contributed by atoms with Crippen molar-refractivity contribution in [2.24, 2.45) is 0 Å². The lowest BCUT2D eigenvalue weighted by Gasteiger charge is -2.21. The minimum atomic E-state index is 0.0586. The van der Waals surface area contributed by atoms with E-state index >= 15 is 0 Å². The normalized spacial score (nSPS) is 12.2. The first-order valence-electron chi connectivity index (χ1n) is 7.31. The molecule has 0 aliphatic carbocycles. The summed E-state index contributed by atoms with van der Waals surface area (Å²) in [5.41, 5.74) is 4.49. The minimum absolute atomic E-state index is 0.0586. The summed E-state index contributed by atoms with van der Waals surface area (Å²) < 4.78 is 5.40. The summed E-state index contributed by atoms with van der Waals surface area (Å²) in [5, 5.41) is 3.56. The number of hydrogen-bond acceptors (Lipinski definition) is 4. The molecule has 2 aromatic rings. The monoisotopic (exact) mass is 285 g/mol. The summed E-state index contributed by atoms with van der Waals surface area (Å²) in [5.74, 6) is 0.921. The smallest absolute Gasteiger partial charge is 0.122 e. The largest absolute Gasteiger partial charge is 0.496 e. The second-order valence-corrected chi connectivity index (χ2v) is 5.20. The molecular weight excluding hydrogens is 262 g/mol. The molecule has 4 heteroatoms. The molecule has 0 spiro atoms. The van der Waals surface area contributed by atoms with Gasteiger partial charge in [-0.1, -0.05) is 13.0 Å². The lowest BCUT2D eigenvalue weighted by Crippen LogP contribution is -2.25. The molecule has 1 heterocycles. The molecule has 0 saturated heterocycles. The van der Waals surface area contributed by atoms with Crippen molar-refractivity contribution in [3.8, 4) is 5.75 Å². The van der Waals surface area contributed by atoms with Crippen molar-refractivity contribution in [2.75, 3.05) is 13.7 Å². The summed E-state index contributed by atoms with van der Waals surface area (Å²) in [4.78, 5) is 8.66. The molecule has 2 rings (SSSR count). The van der Waals surface area contributed by atoms with E-state index in [0.29, 0.717) is 0 Å². The summed E-state index contributed by atoms with van der Waals surface area (Å²) >= 11 is 0. The molecule has 0 saturated carbocycles. The van der Waals surface area contributed by atoms with E-state index in [1.807, 2.05) is 6.20 Å². The molecular formula is C17H23N3O. The number of ether oxygens (including phenoxy) is 1. The molecule has 21 heavy (non-hydrogen) atoms. The van der Waals surface area contributed by atoms with E-state index in [1.54, 1.807) is 19.5 Å². The predicted octanol–water partition coefficient (Wildman–Crippen LogP) is 3.19. The van der Waals surface area contributed by atoms with Crippen molar-refractivity contribution < 1.29 is 4.74 Å². The highest BCUT2D eigenvalue weighted by atomic mass is 16.5. The van der Waals surface area contributed by atoms with Crippen molar-refractivity contribution in [1.82, 2.24) is 15.3 Å². The van der Waals surface area contributed by atoms with E-state index in [9.17, 15) is 0 Å². The topological polar surface area (TPSA) is 47.0 Å². The van der Waals surface area contributed by atoms with Gasteiger partial charge in [0.2, 0.25) is 0 Å². The summed E-state index contributed by atoms with van der Waals surface area (Å²) in [6.45, 7) is 7.27. The van der Waals surface area contributed by atoms with Gasteiger partial charge in [0, 0.05) is 12.4 Å². The first-order valence-corrected chi connectivity index (χ1v) is 7.31. The van der Waals surface area contributed by atoms with Crippen LogP contribution in [0.4, 0.5) is 0 Å². The predicted molar refractivity (Wildman–Crippen MR) is 84.6 cm³/mol. The summed E-state index contributed by atoms with van der Waals surface area (Å²) in [6, 6.07) is 4.32. The van der Waals surface area contributed by atoms with Crippen LogP contribution in [0.5, 0.6) is 5.75 Å². The van der Waals surface area contributed by atoms with Crippen molar-refractivity contribution in [2.45, 2.75) is 33.2 Å². The van der Waals surface area contributed by atoms with Crippen LogP contribution in [0.1, 0.15) is 41.8 Å². The number of aryl methyl sites for hydroxylation is 2. The third-order valence-corrected chi connectivity index (χ3v) is 3.57. The van der Waals surface area contributed by atoms with Gasteiger partial charge in [0.15, 0.2) is 0 Å². The Hall–Kier alpha value is -1.94. The van der Waals surface area contributed by atoms with Gasteiger partial charge in [0.1, 0.15) is 5.75 Å². The van der Waals surface area contributed by atoms with E-state index in [1.165, 1.54) is 11.1 Å². The zero-order valence-electron chi connectivity index (χ0n) is 13.2. The molecule has 0 radical (unpaired) electrons. The standard InChI is InChI=1S/C17H23N3O/c1-5-6-20-17(15-11-18-7-8-19-15)14-9-13(3)16(21-4)10-12(14)2/h7-11,17,20H,5-6H2,1-4H3. The summed E-state index contributed by atoms with van der Waals surface area (Å²) in [7, 11) is 1.71. The van der Waals surface area contributed by atoms with Crippen LogP contribution in [0.15, 0.2) is 30.7 Å².